The van der Waals surface area contributed by atoms with Gasteiger partial charge >= 0.3 is 139 Å². The molecule has 1 fully saturated rings. The van der Waals surface area contributed by atoms with Crippen LogP contribution in [0.4, 0.5) is 0 Å². The predicted molar refractivity (Wildman–Crippen MR) is 85.9 cm³/mol. The van der Waals surface area contributed by atoms with Crippen molar-refractivity contribution in [2.24, 2.45) is 17.8 Å². The van der Waals surface area contributed by atoms with Gasteiger partial charge in [-0.25, -0.2) is 0 Å². The number of hydrogen-bond acceptors (Lipinski definition) is 4. The summed E-state index contributed by atoms with van der Waals surface area (Å²) in [4.78, 5) is 12.7. The van der Waals surface area contributed by atoms with E-state index in [0.29, 0.717) is 17.8 Å². The van der Waals surface area contributed by atoms with Gasteiger partial charge in [0, 0.05) is 0 Å². The van der Waals surface area contributed by atoms with E-state index < -0.39 is 0 Å². The summed E-state index contributed by atoms with van der Waals surface area (Å²) < 4.78 is 11.5. The van der Waals surface area contributed by atoms with Gasteiger partial charge in [0.15, 0.2) is 0 Å². The van der Waals surface area contributed by atoms with Crippen LogP contribution in [0.15, 0.2) is 0 Å². The van der Waals surface area contributed by atoms with Crippen molar-refractivity contribution in [2.75, 3.05) is 0 Å². The van der Waals surface area contributed by atoms with E-state index in [9.17, 15) is 4.79 Å². The first-order valence-corrected chi connectivity index (χ1v) is 10.2. The quantitative estimate of drug-likeness (QED) is 0.607. The first-order chi connectivity index (χ1) is 10.6. The molecule has 2 aliphatic rings. The van der Waals surface area contributed by atoms with Crippen LogP contribution in [0, 0.1) is 17.8 Å². The van der Waals surface area contributed by atoms with Gasteiger partial charge in [0.2, 0.25) is 0 Å². The topological polar surface area (TPSA) is 52.1 Å². The van der Waals surface area contributed by atoms with Crippen molar-refractivity contribution < 1.29 is 9.53 Å². The van der Waals surface area contributed by atoms with E-state index in [2.05, 4.69) is 30.0 Å². The molecule has 0 aromatic carbocycles. The summed E-state index contributed by atoms with van der Waals surface area (Å²) in [5.41, 5.74) is 0.946. The molecular formula is C17H26N2O2Se. The Bertz CT molecular complexity index is 528. The molecule has 22 heavy (non-hydrogen) atoms. The Morgan fingerprint density at radius 3 is 2.91 bits per heavy atom. The first-order valence-electron chi connectivity index (χ1n) is 8.58. The van der Waals surface area contributed by atoms with Crippen molar-refractivity contribution in [3.63, 3.8) is 0 Å². The van der Waals surface area contributed by atoms with Crippen LogP contribution in [-0.2, 0) is 16.0 Å². The van der Waals surface area contributed by atoms with Crippen LogP contribution in [0.5, 0.6) is 0 Å². The summed E-state index contributed by atoms with van der Waals surface area (Å²) in [6.45, 7) is 6.76. The fraction of sp³-hybridized carbons (Fsp3) is 0.824. The van der Waals surface area contributed by atoms with Crippen molar-refractivity contribution in [1.29, 1.82) is 0 Å². The fourth-order valence-electron chi connectivity index (χ4n) is 3.97. The van der Waals surface area contributed by atoms with Crippen LogP contribution < -0.4 is 0 Å². The molecule has 5 heteroatoms. The third kappa shape index (κ3) is 3.30. The number of hydrogen-bond donors (Lipinski definition) is 0. The van der Waals surface area contributed by atoms with Crippen LogP contribution in [-0.4, -0.2) is 36.0 Å². The fourth-order valence-corrected chi connectivity index (χ4v) is 5.52. The van der Waals surface area contributed by atoms with Crippen molar-refractivity contribution in [3.05, 3.63) is 10.1 Å². The number of aryl methyl sites for hydroxylation is 1. The molecule has 0 amide bonds. The Labute approximate surface area is 139 Å². The zero-order chi connectivity index (χ0) is 15.7. The van der Waals surface area contributed by atoms with Crippen molar-refractivity contribution in [3.8, 4) is 0 Å². The average molecular weight is 369 g/mol. The van der Waals surface area contributed by atoms with Gasteiger partial charge in [0.1, 0.15) is 0 Å². The third-order valence-corrected chi connectivity index (χ3v) is 7.00. The number of nitrogens with zero attached hydrogens (tertiary/aromatic N) is 2. The summed E-state index contributed by atoms with van der Waals surface area (Å²) >= 11 is 0.133. The molecule has 4 atom stereocenters. The van der Waals surface area contributed by atoms with Crippen LogP contribution in [0.1, 0.15) is 68.9 Å². The summed E-state index contributed by atoms with van der Waals surface area (Å²) in [5.74, 6) is 1.53. The van der Waals surface area contributed by atoms with Crippen molar-refractivity contribution >= 4 is 20.7 Å². The summed E-state index contributed by atoms with van der Waals surface area (Å²) in [6, 6.07) is 0. The molecule has 2 aliphatic carbocycles. The SMILES string of the molecule is CC(C)[C@@H]1CC[C@@H](C)C[C@H]1OC(=O)[C@@H]1CCCc2[se]nnc21. The van der Waals surface area contributed by atoms with Gasteiger partial charge in [-0.1, -0.05) is 0 Å². The van der Waals surface area contributed by atoms with Gasteiger partial charge in [-0.3, -0.25) is 0 Å². The van der Waals surface area contributed by atoms with E-state index in [1.807, 2.05) is 0 Å². The average Bonchev–Trinajstić information content (AvgIpc) is 2.95. The Balaban J connectivity index is 1.71. The van der Waals surface area contributed by atoms with Gasteiger partial charge in [-0.05, 0) is 0 Å². The third-order valence-electron chi connectivity index (χ3n) is 5.33. The molecule has 0 spiro atoms. The number of rotatable bonds is 3. The van der Waals surface area contributed by atoms with Crippen molar-refractivity contribution in [1.82, 2.24) is 9.19 Å². The van der Waals surface area contributed by atoms with E-state index in [4.69, 9.17) is 4.74 Å². The number of esters is 1. The normalized spacial score (nSPS) is 31.8. The second-order valence-corrected chi connectivity index (χ2v) is 9.09. The molecule has 3 rings (SSSR count). The molecule has 0 unspecified atom stereocenters. The molecule has 1 heterocycles. The van der Waals surface area contributed by atoms with Crippen molar-refractivity contribution in [2.45, 2.75) is 71.3 Å². The maximum absolute atomic E-state index is 12.7. The zero-order valence-corrected chi connectivity index (χ0v) is 15.5. The Hall–Kier alpha value is -0.671. The number of fused-ring (bicyclic) bond motifs is 1. The van der Waals surface area contributed by atoms with Gasteiger partial charge in [0.05, 0.1) is 0 Å². The summed E-state index contributed by atoms with van der Waals surface area (Å²) in [6.07, 6.45) is 6.55. The van der Waals surface area contributed by atoms with Gasteiger partial charge in [-0.2, -0.15) is 0 Å². The zero-order valence-electron chi connectivity index (χ0n) is 13.7. The molecule has 0 N–H and O–H groups in total. The van der Waals surface area contributed by atoms with E-state index in [0.717, 1.165) is 31.4 Å². The number of aromatic nitrogens is 2. The summed E-state index contributed by atoms with van der Waals surface area (Å²) in [7, 11) is 0. The molecule has 1 aromatic rings. The minimum atomic E-state index is -0.151. The molecule has 1 aromatic heterocycles. The predicted octanol–water partition coefficient (Wildman–Crippen LogP) is 2.96. The number of ether oxygens (including phenoxy) is 1. The minimum absolute atomic E-state index is 0.0476. The molecular weight excluding hydrogens is 343 g/mol. The first kappa shape index (κ1) is 16.2. The standard InChI is InChI=1S/C17H26N2O2Se/c1-10(2)12-8-7-11(3)9-14(12)21-17(20)13-5-4-6-15-16(13)18-19-22-15/h10-14H,4-9H2,1-3H3/t11-,12+,13-,14-/m1/s1. The Morgan fingerprint density at radius 1 is 1.32 bits per heavy atom. The molecule has 4 nitrogen and oxygen atoms in total. The van der Waals surface area contributed by atoms with E-state index in [1.165, 1.54) is 17.3 Å². The molecule has 0 radical (unpaired) electrons. The number of carbonyl (C=O) groups is 1. The molecule has 0 aliphatic heterocycles. The number of carbonyl (C=O) groups excluding carboxylic acids is 1. The Kier molecular flexibility index (Phi) is 5.03. The van der Waals surface area contributed by atoms with E-state index in [-0.39, 0.29) is 32.7 Å². The Morgan fingerprint density at radius 2 is 2.14 bits per heavy atom. The monoisotopic (exact) mass is 370 g/mol. The van der Waals surface area contributed by atoms with Crippen LogP contribution in [0.25, 0.3) is 0 Å². The van der Waals surface area contributed by atoms with E-state index >= 15 is 0 Å². The van der Waals surface area contributed by atoms with Gasteiger partial charge in [0.25, 0.3) is 0 Å². The molecule has 0 bridgehead atoms. The molecule has 122 valence electrons. The maximum atomic E-state index is 12.7. The van der Waals surface area contributed by atoms with Gasteiger partial charge in [-0.15, -0.1) is 0 Å². The second kappa shape index (κ2) is 6.84. The van der Waals surface area contributed by atoms with Gasteiger partial charge < -0.3 is 0 Å². The summed E-state index contributed by atoms with van der Waals surface area (Å²) in [5, 5.41) is 4.25. The second-order valence-electron chi connectivity index (χ2n) is 7.33. The van der Waals surface area contributed by atoms with E-state index in [1.54, 1.807) is 0 Å². The molecule has 1 saturated carbocycles. The van der Waals surface area contributed by atoms with Crippen LogP contribution in [0.2, 0.25) is 0 Å². The van der Waals surface area contributed by atoms with Crippen LogP contribution >= 0.6 is 0 Å². The van der Waals surface area contributed by atoms with Crippen LogP contribution in [0.3, 0.4) is 0 Å². The molecule has 0 saturated heterocycles.